The molecule has 1 N–H and O–H groups in total. The zero-order valence-corrected chi connectivity index (χ0v) is 19.3. The third-order valence-corrected chi connectivity index (χ3v) is 8.04. The second-order valence-corrected chi connectivity index (χ2v) is 9.86. The third kappa shape index (κ3) is 4.88. The number of benzene rings is 1. The van der Waals surface area contributed by atoms with E-state index in [4.69, 9.17) is 4.74 Å². The van der Waals surface area contributed by atoms with Crippen molar-refractivity contribution in [3.63, 3.8) is 0 Å². The molecule has 0 aromatic heterocycles. The predicted molar refractivity (Wildman–Crippen MR) is 114 cm³/mol. The summed E-state index contributed by atoms with van der Waals surface area (Å²) in [6.45, 7) is 2.87. The van der Waals surface area contributed by atoms with E-state index in [1.807, 2.05) is 26.0 Å². The first-order valence-electron chi connectivity index (χ1n) is 9.33. The van der Waals surface area contributed by atoms with Crippen molar-refractivity contribution >= 4 is 61.2 Å². The van der Waals surface area contributed by atoms with E-state index in [-0.39, 0.29) is 21.5 Å². The first kappa shape index (κ1) is 22.0. The average Bonchev–Trinajstić information content (AvgIpc) is 2.87. The normalized spacial score (nSPS) is 26.3. The summed E-state index contributed by atoms with van der Waals surface area (Å²) in [5, 5.41) is 2.68. The third-order valence-electron chi connectivity index (χ3n) is 5.31. The van der Waals surface area contributed by atoms with E-state index in [0.717, 1.165) is 16.0 Å². The summed E-state index contributed by atoms with van der Waals surface area (Å²) in [7, 11) is 0. The number of esters is 1. The Kier molecular flexibility index (Phi) is 6.78. The van der Waals surface area contributed by atoms with Gasteiger partial charge in [-0.25, -0.2) is 0 Å². The lowest BCUT2D eigenvalue weighted by molar-refractivity contribution is -0.154. The Labute approximate surface area is 185 Å². The van der Waals surface area contributed by atoms with Gasteiger partial charge in [0.1, 0.15) is 6.54 Å². The van der Waals surface area contributed by atoms with Gasteiger partial charge in [0.25, 0.3) is 5.91 Å². The highest BCUT2D eigenvalue weighted by Crippen LogP contribution is 2.43. The molecule has 29 heavy (non-hydrogen) atoms. The van der Waals surface area contributed by atoms with Gasteiger partial charge in [0.2, 0.25) is 11.8 Å². The molecule has 1 saturated heterocycles. The molecule has 3 amide bonds. The second kappa shape index (κ2) is 8.95. The maximum Gasteiger partial charge on any atom is 0.326 e. The number of imide groups is 1. The smallest absolute Gasteiger partial charge is 0.326 e. The van der Waals surface area contributed by atoms with Gasteiger partial charge in [-0.05, 0) is 38.3 Å². The topological polar surface area (TPSA) is 92.8 Å². The Morgan fingerprint density at radius 1 is 1.10 bits per heavy atom. The molecule has 1 aliphatic carbocycles. The van der Waals surface area contributed by atoms with Crippen LogP contribution in [0.25, 0.3) is 0 Å². The van der Waals surface area contributed by atoms with Crippen LogP contribution in [0.5, 0.6) is 0 Å². The number of halogens is 2. The number of ether oxygens (including phenoxy) is 1. The molecule has 156 valence electrons. The van der Waals surface area contributed by atoms with Crippen LogP contribution >= 0.6 is 31.9 Å². The van der Waals surface area contributed by atoms with Gasteiger partial charge in [0, 0.05) is 15.3 Å². The number of aryl methyl sites for hydroxylation is 2. The molecule has 1 heterocycles. The van der Waals surface area contributed by atoms with Gasteiger partial charge in [-0.1, -0.05) is 49.6 Å². The molecule has 3 rings (SSSR count). The lowest BCUT2D eigenvalue weighted by atomic mass is 9.81. The zero-order valence-electron chi connectivity index (χ0n) is 16.1. The summed E-state index contributed by atoms with van der Waals surface area (Å²) in [6.07, 6.45) is 1.07. The second-order valence-electron chi connectivity index (χ2n) is 7.51. The van der Waals surface area contributed by atoms with Crippen LogP contribution in [0, 0.1) is 25.7 Å². The molecule has 0 unspecified atom stereocenters. The van der Waals surface area contributed by atoms with Crippen molar-refractivity contribution in [2.45, 2.75) is 36.3 Å². The maximum atomic E-state index is 12.6. The first-order valence-corrected chi connectivity index (χ1v) is 11.2. The van der Waals surface area contributed by atoms with Crippen molar-refractivity contribution in [1.29, 1.82) is 0 Å². The summed E-state index contributed by atoms with van der Waals surface area (Å²) in [6, 6.07) is 5.58. The number of carbonyl (C=O) groups is 4. The van der Waals surface area contributed by atoms with Gasteiger partial charge >= 0.3 is 5.97 Å². The summed E-state index contributed by atoms with van der Waals surface area (Å²) < 4.78 is 4.98. The number of hydrogen-bond donors (Lipinski definition) is 1. The van der Waals surface area contributed by atoms with Crippen molar-refractivity contribution in [3.05, 3.63) is 29.3 Å². The minimum atomic E-state index is -0.785. The Morgan fingerprint density at radius 3 is 2.24 bits per heavy atom. The Hall–Kier alpha value is -1.74. The molecule has 9 heteroatoms. The van der Waals surface area contributed by atoms with E-state index in [0.29, 0.717) is 18.5 Å². The number of likely N-dealkylation sites (tertiary alicyclic amines) is 1. The average molecular weight is 530 g/mol. The van der Waals surface area contributed by atoms with Crippen molar-refractivity contribution in [2.24, 2.45) is 11.8 Å². The predicted octanol–water partition coefficient (Wildman–Crippen LogP) is 2.71. The molecule has 1 aromatic rings. The van der Waals surface area contributed by atoms with E-state index in [9.17, 15) is 19.2 Å². The molecule has 1 aliphatic heterocycles. The lowest BCUT2D eigenvalue weighted by Gasteiger charge is -2.29. The molecule has 0 bridgehead atoms. The molecule has 1 saturated carbocycles. The van der Waals surface area contributed by atoms with Crippen LogP contribution in [0.3, 0.4) is 0 Å². The number of anilines is 1. The number of carbonyl (C=O) groups excluding carboxylic acids is 4. The monoisotopic (exact) mass is 528 g/mol. The minimum absolute atomic E-state index is 0.0985. The van der Waals surface area contributed by atoms with Crippen LogP contribution in [-0.2, 0) is 23.9 Å². The number of nitrogens with one attached hydrogen (secondary N) is 1. The van der Waals surface area contributed by atoms with Crippen LogP contribution in [-0.4, -0.2) is 51.4 Å². The summed E-state index contributed by atoms with van der Waals surface area (Å²) in [4.78, 5) is 50.5. The van der Waals surface area contributed by atoms with E-state index < -0.39 is 36.9 Å². The zero-order chi connectivity index (χ0) is 21.3. The Balaban J connectivity index is 1.52. The van der Waals surface area contributed by atoms with E-state index in [1.165, 1.54) is 0 Å². The highest BCUT2D eigenvalue weighted by molar-refractivity contribution is 9.12. The molecule has 4 atom stereocenters. The van der Waals surface area contributed by atoms with E-state index in [1.54, 1.807) is 6.07 Å². The largest absolute Gasteiger partial charge is 0.454 e. The van der Waals surface area contributed by atoms with Crippen molar-refractivity contribution in [1.82, 2.24) is 4.90 Å². The molecule has 0 spiro atoms. The fourth-order valence-corrected chi connectivity index (χ4v) is 5.02. The highest BCUT2D eigenvalue weighted by Gasteiger charge is 2.52. The van der Waals surface area contributed by atoms with Crippen LogP contribution in [0.4, 0.5) is 5.69 Å². The van der Waals surface area contributed by atoms with E-state index in [2.05, 4.69) is 37.2 Å². The number of rotatable bonds is 5. The first-order chi connectivity index (χ1) is 13.7. The summed E-state index contributed by atoms with van der Waals surface area (Å²) in [5.74, 6) is -2.79. The van der Waals surface area contributed by atoms with E-state index >= 15 is 0 Å². The molecular formula is C20H22Br2N2O5. The Morgan fingerprint density at radius 2 is 1.69 bits per heavy atom. The molecule has 7 nitrogen and oxygen atoms in total. The fraction of sp³-hybridized carbons (Fsp3) is 0.500. The Bertz CT molecular complexity index is 831. The quantitative estimate of drug-likeness (QED) is 0.359. The number of nitrogens with zero attached hydrogens (tertiary/aromatic N) is 1. The molecule has 2 aliphatic rings. The maximum absolute atomic E-state index is 12.6. The lowest BCUT2D eigenvalue weighted by Crippen LogP contribution is -2.37. The minimum Gasteiger partial charge on any atom is -0.454 e. The molecule has 0 radical (unpaired) electrons. The van der Waals surface area contributed by atoms with Crippen LogP contribution in [0.15, 0.2) is 18.2 Å². The fourth-order valence-electron chi connectivity index (χ4n) is 3.78. The van der Waals surface area contributed by atoms with Gasteiger partial charge < -0.3 is 10.1 Å². The van der Waals surface area contributed by atoms with Crippen molar-refractivity contribution in [2.75, 3.05) is 18.5 Å². The standard InChI is InChI=1S/C20H22Br2N2O5/c1-10-3-4-16(11(2)5-10)23-17(25)9-29-18(26)8-24-19(27)12-6-14(21)15(22)7-13(12)20(24)28/h3-5,12-15H,6-9H2,1-2H3,(H,23,25)/t12-,13-,14+,15+/m1/s1. The SMILES string of the molecule is Cc1ccc(NC(=O)COC(=O)CN2C(=O)[C@@H]3C[C@H](Br)[C@@H](Br)C[C@H]3C2=O)c(C)c1. The van der Waals surface area contributed by atoms with Crippen LogP contribution in [0.1, 0.15) is 24.0 Å². The van der Waals surface area contributed by atoms with Crippen molar-refractivity contribution < 1.29 is 23.9 Å². The van der Waals surface area contributed by atoms with Gasteiger partial charge in [-0.3, -0.25) is 24.1 Å². The van der Waals surface area contributed by atoms with Crippen LogP contribution < -0.4 is 5.32 Å². The number of fused-ring (bicyclic) bond motifs is 1. The van der Waals surface area contributed by atoms with Gasteiger partial charge in [-0.2, -0.15) is 0 Å². The molecule has 2 fully saturated rings. The van der Waals surface area contributed by atoms with Crippen molar-refractivity contribution in [3.8, 4) is 0 Å². The summed E-state index contributed by atoms with van der Waals surface area (Å²) in [5.41, 5.74) is 2.61. The number of alkyl halides is 2. The summed E-state index contributed by atoms with van der Waals surface area (Å²) >= 11 is 7.04. The van der Waals surface area contributed by atoms with Crippen LogP contribution in [0.2, 0.25) is 0 Å². The van der Waals surface area contributed by atoms with Gasteiger partial charge in [-0.15, -0.1) is 0 Å². The number of amides is 3. The van der Waals surface area contributed by atoms with Gasteiger partial charge in [0.05, 0.1) is 11.8 Å². The van der Waals surface area contributed by atoms with Gasteiger partial charge in [0.15, 0.2) is 6.61 Å². The molecule has 1 aromatic carbocycles. The highest BCUT2D eigenvalue weighted by atomic mass is 79.9. The number of hydrogen-bond acceptors (Lipinski definition) is 5. The molecular weight excluding hydrogens is 508 g/mol.